The van der Waals surface area contributed by atoms with Crippen LogP contribution in [-0.2, 0) is 0 Å². The molecule has 0 aromatic heterocycles. The molecular formula is C20H28N2O. The number of hydrogen-bond donors (Lipinski definition) is 1. The van der Waals surface area contributed by atoms with Crippen LogP contribution in [0.2, 0.25) is 0 Å². The van der Waals surface area contributed by atoms with Gasteiger partial charge in [0.05, 0.1) is 0 Å². The topological polar surface area (TPSA) is 32.3 Å². The highest BCUT2D eigenvalue weighted by molar-refractivity contribution is 5.89. The van der Waals surface area contributed by atoms with Crippen LogP contribution >= 0.6 is 0 Å². The third-order valence-corrected chi connectivity index (χ3v) is 5.21. The summed E-state index contributed by atoms with van der Waals surface area (Å²) in [6, 6.07) is 8.07. The maximum atomic E-state index is 12.7. The fraction of sp³-hybridized carbons (Fsp3) is 0.550. The highest BCUT2D eigenvalue weighted by Crippen LogP contribution is 2.43. The molecule has 2 amide bonds. The van der Waals surface area contributed by atoms with Gasteiger partial charge in [0.2, 0.25) is 0 Å². The lowest BCUT2D eigenvalue weighted by Crippen LogP contribution is -2.40. The number of nitrogens with zero attached hydrogens (tertiary/aromatic N) is 1. The molecule has 1 fully saturated rings. The molecule has 2 aliphatic rings. The molecule has 0 radical (unpaired) electrons. The number of hydrogen-bond acceptors (Lipinski definition) is 1. The highest BCUT2D eigenvalue weighted by atomic mass is 16.2. The van der Waals surface area contributed by atoms with Crippen molar-refractivity contribution in [3.05, 3.63) is 42.0 Å². The molecule has 2 bridgehead atoms. The first-order chi connectivity index (χ1) is 11.2. The minimum atomic E-state index is 0.0517. The zero-order valence-electron chi connectivity index (χ0n) is 14.3. The quantitative estimate of drug-likeness (QED) is 0.749. The molecule has 1 aromatic rings. The number of fused-ring (bicyclic) bond motifs is 2. The molecule has 1 saturated carbocycles. The molecule has 124 valence electrons. The Morgan fingerprint density at radius 3 is 2.83 bits per heavy atom. The van der Waals surface area contributed by atoms with Crippen LogP contribution < -0.4 is 5.32 Å². The molecule has 23 heavy (non-hydrogen) atoms. The van der Waals surface area contributed by atoms with E-state index in [-0.39, 0.29) is 6.03 Å². The average molecular weight is 312 g/mol. The van der Waals surface area contributed by atoms with E-state index >= 15 is 0 Å². The molecule has 3 nitrogen and oxygen atoms in total. The molecule has 0 heterocycles. The number of anilines is 1. The van der Waals surface area contributed by atoms with Gasteiger partial charge in [-0.3, -0.25) is 0 Å². The highest BCUT2D eigenvalue weighted by Gasteiger charge is 2.37. The third kappa shape index (κ3) is 3.95. The average Bonchev–Trinajstić information content (AvgIpc) is 3.14. The van der Waals surface area contributed by atoms with E-state index in [0.29, 0.717) is 11.8 Å². The van der Waals surface area contributed by atoms with Gasteiger partial charge in [-0.15, -0.1) is 0 Å². The van der Waals surface area contributed by atoms with Gasteiger partial charge in [0.25, 0.3) is 0 Å². The fourth-order valence-corrected chi connectivity index (χ4v) is 3.94. The Bertz CT molecular complexity index is 581. The maximum Gasteiger partial charge on any atom is 0.321 e. The zero-order chi connectivity index (χ0) is 16.2. The first-order valence-electron chi connectivity index (χ1n) is 8.96. The molecular weight excluding hydrogens is 284 g/mol. The summed E-state index contributed by atoms with van der Waals surface area (Å²) >= 11 is 0. The van der Waals surface area contributed by atoms with Crippen molar-refractivity contribution in [1.82, 2.24) is 4.90 Å². The van der Waals surface area contributed by atoms with Gasteiger partial charge in [-0.05, 0) is 61.6 Å². The van der Waals surface area contributed by atoms with Crippen molar-refractivity contribution >= 4 is 11.7 Å². The van der Waals surface area contributed by atoms with Crippen molar-refractivity contribution in [1.29, 1.82) is 0 Å². The van der Waals surface area contributed by atoms with Gasteiger partial charge in [0, 0.05) is 18.8 Å². The largest absolute Gasteiger partial charge is 0.324 e. The maximum absolute atomic E-state index is 12.7. The molecule has 3 heteroatoms. The van der Waals surface area contributed by atoms with Crippen LogP contribution in [-0.4, -0.2) is 24.0 Å². The number of unbranched alkanes of at least 4 members (excludes halogenated alkanes) is 1. The minimum Gasteiger partial charge on any atom is -0.324 e. The van der Waals surface area contributed by atoms with Crippen molar-refractivity contribution in [3.63, 3.8) is 0 Å². The van der Waals surface area contributed by atoms with Crippen LogP contribution in [0.3, 0.4) is 0 Å². The van der Waals surface area contributed by atoms with Gasteiger partial charge in [0.15, 0.2) is 0 Å². The number of benzene rings is 1. The summed E-state index contributed by atoms with van der Waals surface area (Å²) in [6.07, 6.45) is 9.47. The van der Waals surface area contributed by atoms with Crippen LogP contribution in [0.25, 0.3) is 0 Å². The van der Waals surface area contributed by atoms with E-state index in [2.05, 4.69) is 24.4 Å². The van der Waals surface area contributed by atoms with E-state index in [1.165, 1.54) is 18.4 Å². The Morgan fingerprint density at radius 1 is 1.30 bits per heavy atom. The predicted molar refractivity (Wildman–Crippen MR) is 95.5 cm³/mol. The smallest absolute Gasteiger partial charge is 0.321 e. The third-order valence-electron chi connectivity index (χ3n) is 5.21. The molecule has 3 atom stereocenters. The molecule has 0 saturated heterocycles. The number of nitrogens with one attached hydrogen (secondary N) is 1. The Morgan fingerprint density at radius 2 is 2.17 bits per heavy atom. The predicted octanol–water partition coefficient (Wildman–Crippen LogP) is 4.84. The Labute approximate surface area is 139 Å². The first-order valence-corrected chi connectivity index (χ1v) is 8.96. The summed E-state index contributed by atoms with van der Waals surface area (Å²) in [5.41, 5.74) is 2.06. The molecule has 3 unspecified atom stereocenters. The number of allylic oxidation sites excluding steroid dienone is 2. The summed E-state index contributed by atoms with van der Waals surface area (Å²) in [6.45, 7) is 5.97. The first kappa shape index (κ1) is 16.1. The lowest BCUT2D eigenvalue weighted by Gasteiger charge is -2.29. The van der Waals surface area contributed by atoms with E-state index in [4.69, 9.17) is 0 Å². The number of aryl methyl sites for hydroxylation is 1. The van der Waals surface area contributed by atoms with E-state index in [1.807, 2.05) is 36.1 Å². The van der Waals surface area contributed by atoms with Crippen LogP contribution in [0.5, 0.6) is 0 Å². The van der Waals surface area contributed by atoms with Crippen molar-refractivity contribution in [3.8, 4) is 0 Å². The number of carbonyl (C=O) groups is 1. The van der Waals surface area contributed by atoms with Crippen LogP contribution in [0, 0.1) is 24.7 Å². The van der Waals surface area contributed by atoms with Gasteiger partial charge >= 0.3 is 6.03 Å². The lowest BCUT2D eigenvalue weighted by molar-refractivity contribution is 0.194. The van der Waals surface area contributed by atoms with Gasteiger partial charge in [-0.2, -0.15) is 0 Å². The second-order valence-corrected chi connectivity index (χ2v) is 7.14. The second-order valence-electron chi connectivity index (χ2n) is 7.14. The number of urea groups is 1. The number of amides is 2. The van der Waals surface area contributed by atoms with E-state index < -0.39 is 0 Å². The van der Waals surface area contributed by atoms with Gasteiger partial charge < -0.3 is 10.2 Å². The Hall–Kier alpha value is -1.77. The van der Waals surface area contributed by atoms with Gasteiger partial charge in [0.1, 0.15) is 0 Å². The Balaban J connectivity index is 1.63. The SMILES string of the molecule is CCCCN(CC1CC2C=CC1C2)C(=O)Nc1cccc(C)c1. The fourth-order valence-electron chi connectivity index (χ4n) is 3.94. The summed E-state index contributed by atoms with van der Waals surface area (Å²) in [5.74, 6) is 2.10. The molecule has 2 aliphatic carbocycles. The summed E-state index contributed by atoms with van der Waals surface area (Å²) in [7, 11) is 0. The van der Waals surface area contributed by atoms with E-state index in [9.17, 15) is 4.79 Å². The van der Waals surface area contributed by atoms with Crippen molar-refractivity contribution in [2.75, 3.05) is 18.4 Å². The van der Waals surface area contributed by atoms with Crippen molar-refractivity contribution < 1.29 is 4.79 Å². The summed E-state index contributed by atoms with van der Waals surface area (Å²) < 4.78 is 0. The molecule has 1 N–H and O–H groups in total. The lowest BCUT2D eigenvalue weighted by atomic mass is 9.93. The second kappa shape index (κ2) is 7.20. The monoisotopic (exact) mass is 312 g/mol. The van der Waals surface area contributed by atoms with Crippen LogP contribution in [0.1, 0.15) is 38.2 Å². The van der Waals surface area contributed by atoms with E-state index in [1.54, 1.807) is 0 Å². The van der Waals surface area contributed by atoms with Gasteiger partial charge in [-0.1, -0.05) is 37.6 Å². The van der Waals surface area contributed by atoms with Crippen LogP contribution in [0.15, 0.2) is 36.4 Å². The molecule has 0 aliphatic heterocycles. The van der Waals surface area contributed by atoms with Gasteiger partial charge in [-0.25, -0.2) is 4.79 Å². The number of carbonyl (C=O) groups excluding carboxylic acids is 1. The van der Waals surface area contributed by atoms with E-state index in [0.717, 1.165) is 37.5 Å². The minimum absolute atomic E-state index is 0.0517. The number of rotatable bonds is 6. The summed E-state index contributed by atoms with van der Waals surface area (Å²) in [5, 5.41) is 3.08. The Kier molecular flexibility index (Phi) is 5.04. The normalized spacial score (nSPS) is 24.9. The van der Waals surface area contributed by atoms with Crippen molar-refractivity contribution in [2.45, 2.75) is 39.5 Å². The van der Waals surface area contributed by atoms with Crippen molar-refractivity contribution in [2.24, 2.45) is 17.8 Å². The molecule has 0 spiro atoms. The summed E-state index contributed by atoms with van der Waals surface area (Å²) in [4.78, 5) is 14.8. The zero-order valence-corrected chi connectivity index (χ0v) is 14.3. The molecule has 3 rings (SSSR count). The molecule has 1 aromatic carbocycles. The standard InChI is InChI=1S/C20H28N2O/c1-3-4-10-22(14-18-13-16-8-9-17(18)12-16)20(23)21-19-7-5-6-15(2)11-19/h5-9,11,16-18H,3-4,10,12-14H2,1-2H3,(H,21,23). The van der Waals surface area contributed by atoms with Crippen LogP contribution in [0.4, 0.5) is 10.5 Å².